The van der Waals surface area contributed by atoms with Crippen molar-refractivity contribution >= 4 is 10.0 Å². The van der Waals surface area contributed by atoms with Gasteiger partial charge in [0.05, 0.1) is 12.7 Å². The zero-order chi connectivity index (χ0) is 17.3. The third-order valence-electron chi connectivity index (χ3n) is 4.08. The van der Waals surface area contributed by atoms with Crippen molar-refractivity contribution in [3.63, 3.8) is 0 Å². The van der Waals surface area contributed by atoms with Crippen molar-refractivity contribution < 1.29 is 21.9 Å². The summed E-state index contributed by atoms with van der Waals surface area (Å²) in [5.74, 6) is -1.92. The van der Waals surface area contributed by atoms with Gasteiger partial charge in [0.25, 0.3) is 0 Å². The molecular weight excluding hydrogens is 336 g/mol. The minimum Gasteiger partial charge on any atom is -0.372 e. The van der Waals surface area contributed by atoms with Gasteiger partial charge in [0, 0.05) is 26.1 Å². The number of rotatable bonds is 4. The van der Waals surface area contributed by atoms with Crippen LogP contribution >= 0.6 is 0 Å². The highest BCUT2D eigenvalue weighted by Gasteiger charge is 2.29. The van der Waals surface area contributed by atoms with Crippen molar-refractivity contribution in [2.45, 2.75) is 24.0 Å². The van der Waals surface area contributed by atoms with Gasteiger partial charge in [-0.05, 0) is 23.3 Å². The molecule has 0 radical (unpaired) electrons. The molecule has 0 aliphatic carbocycles. The predicted molar refractivity (Wildman–Crippen MR) is 84.9 cm³/mol. The molecule has 3 rings (SSSR count). The summed E-state index contributed by atoms with van der Waals surface area (Å²) in [6.07, 6.45) is 0.269. The monoisotopic (exact) mass is 353 g/mol. The molecule has 2 aromatic carbocycles. The second-order valence-electron chi connectivity index (χ2n) is 5.77. The van der Waals surface area contributed by atoms with Crippen LogP contribution in [0.25, 0.3) is 0 Å². The largest absolute Gasteiger partial charge is 0.372 e. The maximum atomic E-state index is 13.8. The van der Waals surface area contributed by atoms with Gasteiger partial charge in [-0.25, -0.2) is 17.2 Å². The van der Waals surface area contributed by atoms with Crippen molar-refractivity contribution in [1.29, 1.82) is 0 Å². The van der Waals surface area contributed by atoms with Gasteiger partial charge in [-0.3, -0.25) is 0 Å². The van der Waals surface area contributed by atoms with E-state index in [1.165, 1.54) is 7.05 Å². The van der Waals surface area contributed by atoms with E-state index in [0.717, 1.165) is 27.6 Å². The van der Waals surface area contributed by atoms with Crippen molar-refractivity contribution in [3.05, 3.63) is 65.2 Å². The molecule has 1 aliphatic heterocycles. The van der Waals surface area contributed by atoms with E-state index in [4.69, 9.17) is 4.74 Å². The number of benzene rings is 2. The molecule has 0 fully saturated rings. The Balaban J connectivity index is 1.76. The number of nitrogens with zero attached hydrogens (tertiary/aromatic N) is 1. The first kappa shape index (κ1) is 17.0. The maximum absolute atomic E-state index is 13.8. The number of halogens is 2. The first-order valence-corrected chi connectivity index (χ1v) is 8.91. The first-order valence-electron chi connectivity index (χ1n) is 7.47. The molecule has 24 heavy (non-hydrogen) atoms. The molecule has 2 aromatic rings. The van der Waals surface area contributed by atoms with Gasteiger partial charge in [0.2, 0.25) is 10.0 Å². The summed E-state index contributed by atoms with van der Waals surface area (Å²) in [5.41, 5.74) is 2.20. The Kier molecular flexibility index (Phi) is 4.67. The minimum atomic E-state index is -4.05. The SMILES string of the molecule is CN(CC1Cc2ccccc2CO1)S(=O)(=O)c1ccc(F)cc1F. The molecule has 0 aromatic heterocycles. The highest BCUT2D eigenvalue weighted by molar-refractivity contribution is 7.89. The summed E-state index contributed by atoms with van der Waals surface area (Å²) < 4.78 is 58.5. The molecule has 1 unspecified atom stereocenters. The summed E-state index contributed by atoms with van der Waals surface area (Å²) in [5, 5.41) is 0. The van der Waals surface area contributed by atoms with E-state index in [1.54, 1.807) is 0 Å². The number of hydrogen-bond acceptors (Lipinski definition) is 3. The van der Waals surface area contributed by atoms with Gasteiger partial charge >= 0.3 is 0 Å². The van der Waals surface area contributed by atoms with Gasteiger partial charge in [-0.15, -0.1) is 0 Å². The normalized spacial score (nSPS) is 17.8. The number of sulfonamides is 1. The summed E-state index contributed by atoms with van der Waals surface area (Å²) in [6.45, 7) is 0.507. The number of fused-ring (bicyclic) bond motifs is 1. The molecular formula is C17H17F2NO3S. The molecule has 0 saturated carbocycles. The van der Waals surface area contributed by atoms with Crippen LogP contribution in [-0.4, -0.2) is 32.4 Å². The van der Waals surface area contributed by atoms with Crippen LogP contribution in [0.4, 0.5) is 8.78 Å². The zero-order valence-electron chi connectivity index (χ0n) is 13.1. The van der Waals surface area contributed by atoms with Crippen molar-refractivity contribution in [1.82, 2.24) is 4.31 Å². The maximum Gasteiger partial charge on any atom is 0.245 e. The second kappa shape index (κ2) is 6.58. The van der Waals surface area contributed by atoms with Crippen LogP contribution in [0.5, 0.6) is 0 Å². The van der Waals surface area contributed by atoms with Crippen molar-refractivity contribution in [2.24, 2.45) is 0 Å². The Hall–Kier alpha value is -1.83. The third-order valence-corrected chi connectivity index (χ3v) is 5.94. The highest BCUT2D eigenvalue weighted by Crippen LogP contribution is 2.23. The fraction of sp³-hybridized carbons (Fsp3) is 0.294. The summed E-state index contributed by atoms with van der Waals surface area (Å²) in [4.78, 5) is -0.539. The third kappa shape index (κ3) is 3.33. The standard InChI is InChI=1S/C17H17F2NO3S/c1-20(24(21,22)17-7-6-14(18)9-16(17)19)10-15-8-12-4-2-3-5-13(12)11-23-15/h2-7,9,15H,8,10-11H2,1H3. The van der Waals surface area contributed by atoms with Crippen LogP contribution in [0.15, 0.2) is 47.4 Å². The smallest absolute Gasteiger partial charge is 0.245 e. The molecule has 1 aliphatic rings. The van der Waals surface area contributed by atoms with Crippen LogP contribution in [0.3, 0.4) is 0 Å². The summed E-state index contributed by atoms with van der Waals surface area (Å²) in [6, 6.07) is 10.2. The van der Waals surface area contributed by atoms with Gasteiger partial charge in [-0.2, -0.15) is 4.31 Å². The summed E-state index contributed by atoms with van der Waals surface area (Å²) in [7, 11) is -2.69. The van der Waals surface area contributed by atoms with E-state index >= 15 is 0 Å². The van der Waals surface area contributed by atoms with Crippen LogP contribution in [0.2, 0.25) is 0 Å². The van der Waals surface area contributed by atoms with Gasteiger partial charge < -0.3 is 4.74 Å². The van der Waals surface area contributed by atoms with E-state index in [0.29, 0.717) is 19.1 Å². The molecule has 0 N–H and O–H groups in total. The van der Waals surface area contributed by atoms with Crippen LogP contribution in [-0.2, 0) is 27.8 Å². The molecule has 0 spiro atoms. The molecule has 128 valence electrons. The number of hydrogen-bond donors (Lipinski definition) is 0. The molecule has 0 saturated heterocycles. The van der Waals surface area contributed by atoms with Crippen molar-refractivity contribution in [3.8, 4) is 0 Å². The molecule has 1 heterocycles. The Morgan fingerprint density at radius 1 is 1.17 bits per heavy atom. The van der Waals surface area contributed by atoms with E-state index in [1.807, 2.05) is 24.3 Å². The van der Waals surface area contributed by atoms with Crippen LogP contribution in [0.1, 0.15) is 11.1 Å². The Bertz CT molecular complexity index is 855. The van der Waals surface area contributed by atoms with Crippen LogP contribution in [0, 0.1) is 11.6 Å². The van der Waals surface area contributed by atoms with E-state index in [2.05, 4.69) is 0 Å². The Morgan fingerprint density at radius 2 is 1.88 bits per heavy atom. The number of likely N-dealkylation sites (N-methyl/N-ethyl adjacent to an activating group) is 1. The number of ether oxygens (including phenoxy) is 1. The van der Waals surface area contributed by atoms with Gasteiger partial charge in [0.15, 0.2) is 0 Å². The topological polar surface area (TPSA) is 46.6 Å². The molecule has 0 amide bonds. The lowest BCUT2D eigenvalue weighted by Crippen LogP contribution is -2.38. The molecule has 1 atom stereocenters. The van der Waals surface area contributed by atoms with Crippen molar-refractivity contribution in [2.75, 3.05) is 13.6 Å². The molecule has 0 bridgehead atoms. The lowest BCUT2D eigenvalue weighted by molar-refractivity contribution is 0.0202. The van der Waals surface area contributed by atoms with E-state index < -0.39 is 26.6 Å². The Labute approximate surface area is 139 Å². The molecule has 4 nitrogen and oxygen atoms in total. The van der Waals surface area contributed by atoms with E-state index in [9.17, 15) is 17.2 Å². The second-order valence-corrected chi connectivity index (χ2v) is 7.78. The van der Waals surface area contributed by atoms with E-state index in [-0.39, 0.29) is 12.6 Å². The molecule has 7 heteroatoms. The average molecular weight is 353 g/mol. The Morgan fingerprint density at radius 3 is 2.58 bits per heavy atom. The average Bonchev–Trinajstić information content (AvgIpc) is 2.54. The van der Waals surface area contributed by atoms with Gasteiger partial charge in [0.1, 0.15) is 16.5 Å². The van der Waals surface area contributed by atoms with Gasteiger partial charge in [-0.1, -0.05) is 24.3 Å². The lowest BCUT2D eigenvalue weighted by Gasteiger charge is -2.28. The fourth-order valence-electron chi connectivity index (χ4n) is 2.76. The first-order chi connectivity index (χ1) is 11.4. The lowest BCUT2D eigenvalue weighted by atomic mass is 9.99. The quantitative estimate of drug-likeness (QED) is 0.849. The zero-order valence-corrected chi connectivity index (χ0v) is 13.9. The summed E-state index contributed by atoms with van der Waals surface area (Å²) >= 11 is 0. The minimum absolute atomic E-state index is 0.0908. The predicted octanol–water partition coefficient (Wildman–Crippen LogP) is 2.73. The fourth-order valence-corrected chi connectivity index (χ4v) is 4.01. The van der Waals surface area contributed by atoms with Crippen LogP contribution < -0.4 is 0 Å². The highest BCUT2D eigenvalue weighted by atomic mass is 32.2.